The highest BCUT2D eigenvalue weighted by atomic mass is 16.4. The number of carbonyl (C=O) groups is 3. The summed E-state index contributed by atoms with van der Waals surface area (Å²) in [4.78, 5) is 36.7. The molecule has 0 saturated heterocycles. The van der Waals surface area contributed by atoms with Crippen molar-refractivity contribution in [2.75, 3.05) is 6.54 Å². The average molecular weight is 303 g/mol. The summed E-state index contributed by atoms with van der Waals surface area (Å²) in [6, 6.07) is -2.19. The van der Waals surface area contributed by atoms with E-state index in [1.54, 1.807) is 0 Å². The minimum Gasteiger partial charge on any atom is -0.481 e. The minimum atomic E-state index is -1.31. The number of hydrogen-bond donors (Lipinski definition) is 6. The molecule has 10 heteroatoms. The van der Waals surface area contributed by atoms with E-state index in [1.165, 1.54) is 0 Å². The van der Waals surface area contributed by atoms with Crippen LogP contribution >= 0.6 is 0 Å². The zero-order chi connectivity index (χ0) is 16.4. The van der Waals surface area contributed by atoms with Gasteiger partial charge in [0, 0.05) is 13.0 Å². The summed E-state index contributed by atoms with van der Waals surface area (Å²) < 4.78 is 0. The van der Waals surface area contributed by atoms with Crippen molar-refractivity contribution in [1.29, 1.82) is 0 Å². The summed E-state index contributed by atoms with van der Waals surface area (Å²) >= 11 is 0. The lowest BCUT2D eigenvalue weighted by Crippen LogP contribution is -2.48. The summed E-state index contributed by atoms with van der Waals surface area (Å²) in [6.07, 6.45) is 0.154. The number of guanidine groups is 1. The monoisotopic (exact) mass is 303 g/mol. The summed E-state index contributed by atoms with van der Waals surface area (Å²) in [6.45, 7) is 0.310. The molecule has 2 atom stereocenters. The summed E-state index contributed by atoms with van der Waals surface area (Å²) in [5, 5.41) is 19.6. The van der Waals surface area contributed by atoms with E-state index in [0.29, 0.717) is 13.0 Å². The van der Waals surface area contributed by atoms with Gasteiger partial charge in [0.05, 0.1) is 6.04 Å². The Balaban J connectivity index is 4.24. The number of carboxylic acid groups (broad SMARTS) is 2. The second-order valence-corrected chi connectivity index (χ2v) is 4.39. The Labute approximate surface area is 121 Å². The van der Waals surface area contributed by atoms with Crippen LogP contribution in [0.3, 0.4) is 0 Å². The van der Waals surface area contributed by atoms with E-state index in [4.69, 9.17) is 27.4 Å². The Morgan fingerprint density at radius 2 is 1.76 bits per heavy atom. The van der Waals surface area contributed by atoms with Crippen LogP contribution in [0.4, 0.5) is 0 Å². The summed E-state index contributed by atoms with van der Waals surface area (Å²) in [5.41, 5.74) is 15.9. The number of carboxylic acids is 2. The molecule has 0 spiro atoms. The molecule has 0 rings (SSSR count). The predicted molar refractivity (Wildman–Crippen MR) is 74.3 cm³/mol. The average Bonchev–Trinajstić information content (AvgIpc) is 2.38. The Kier molecular flexibility index (Phi) is 8.46. The number of carbonyl (C=O) groups excluding carboxylic acids is 1. The lowest BCUT2D eigenvalue weighted by Gasteiger charge is -2.17. The van der Waals surface area contributed by atoms with Crippen LogP contribution < -0.4 is 22.5 Å². The van der Waals surface area contributed by atoms with Crippen LogP contribution in [0.15, 0.2) is 4.99 Å². The number of hydrogen-bond acceptors (Lipinski definition) is 5. The highest BCUT2D eigenvalue weighted by Crippen LogP contribution is 2.01. The maximum Gasteiger partial charge on any atom is 0.326 e. The molecule has 120 valence electrons. The van der Waals surface area contributed by atoms with Crippen molar-refractivity contribution >= 4 is 23.8 Å². The first-order valence-corrected chi connectivity index (χ1v) is 6.30. The molecule has 0 aliphatic heterocycles. The molecule has 0 aromatic heterocycles. The summed E-state index contributed by atoms with van der Waals surface area (Å²) in [5.74, 6) is -3.17. The number of amides is 1. The normalized spacial score (nSPS) is 13.0. The second-order valence-electron chi connectivity index (χ2n) is 4.39. The molecule has 10 nitrogen and oxygen atoms in total. The molecule has 0 fully saturated rings. The Morgan fingerprint density at radius 1 is 1.14 bits per heavy atom. The highest BCUT2D eigenvalue weighted by Gasteiger charge is 2.23. The van der Waals surface area contributed by atoms with Gasteiger partial charge in [-0.3, -0.25) is 14.6 Å². The first kappa shape index (κ1) is 18.6. The van der Waals surface area contributed by atoms with Crippen LogP contribution in [0.5, 0.6) is 0 Å². The van der Waals surface area contributed by atoms with Crippen molar-refractivity contribution < 1.29 is 24.6 Å². The third-order valence-electron chi connectivity index (χ3n) is 2.57. The fourth-order valence-electron chi connectivity index (χ4n) is 1.45. The van der Waals surface area contributed by atoms with Crippen molar-refractivity contribution in [3.8, 4) is 0 Å². The van der Waals surface area contributed by atoms with E-state index in [-0.39, 0.29) is 25.2 Å². The van der Waals surface area contributed by atoms with Crippen LogP contribution in [0.25, 0.3) is 0 Å². The van der Waals surface area contributed by atoms with E-state index >= 15 is 0 Å². The van der Waals surface area contributed by atoms with Crippen molar-refractivity contribution in [2.24, 2.45) is 22.2 Å². The first-order chi connectivity index (χ1) is 9.73. The molecule has 0 aliphatic rings. The number of aliphatic carboxylic acids is 2. The molecule has 0 aromatic carbocycles. The van der Waals surface area contributed by atoms with Crippen LogP contribution in [0.2, 0.25) is 0 Å². The molecule has 0 saturated carbocycles. The zero-order valence-corrected chi connectivity index (χ0v) is 11.5. The molecule has 0 aromatic rings. The van der Waals surface area contributed by atoms with Gasteiger partial charge in [0.25, 0.3) is 0 Å². The Hall–Kier alpha value is -2.36. The first-order valence-electron chi connectivity index (χ1n) is 6.30. The summed E-state index contributed by atoms with van der Waals surface area (Å²) in [7, 11) is 0. The van der Waals surface area contributed by atoms with E-state index in [0.717, 1.165) is 0 Å². The fraction of sp³-hybridized carbons (Fsp3) is 0.636. The van der Waals surface area contributed by atoms with E-state index in [2.05, 4.69) is 10.3 Å². The molecule has 0 heterocycles. The van der Waals surface area contributed by atoms with Gasteiger partial charge < -0.3 is 32.7 Å². The molecule has 9 N–H and O–H groups in total. The lowest BCUT2D eigenvalue weighted by atomic mass is 10.1. The number of rotatable bonds is 10. The standard InChI is InChI=1S/C11H21N5O5/c12-6(2-1-5-15-11(13)14)9(19)16-7(10(20)21)3-4-8(17)18/h6-7H,1-5,12H2,(H,16,19)(H,17,18)(H,20,21)(H4,13,14,15)/t6-,7-/m0/s1. The maximum atomic E-state index is 11.7. The largest absolute Gasteiger partial charge is 0.481 e. The van der Waals surface area contributed by atoms with Gasteiger partial charge in [-0.15, -0.1) is 0 Å². The van der Waals surface area contributed by atoms with Crippen LogP contribution in [0, 0.1) is 0 Å². The molecule has 0 radical (unpaired) electrons. The fourth-order valence-corrected chi connectivity index (χ4v) is 1.45. The highest BCUT2D eigenvalue weighted by molar-refractivity contribution is 5.87. The van der Waals surface area contributed by atoms with Crippen molar-refractivity contribution in [3.05, 3.63) is 0 Å². The number of nitrogens with two attached hydrogens (primary N) is 3. The smallest absolute Gasteiger partial charge is 0.326 e. The Bertz CT molecular complexity index is 408. The minimum absolute atomic E-state index is 0.0624. The third-order valence-corrected chi connectivity index (χ3v) is 2.57. The van der Waals surface area contributed by atoms with Gasteiger partial charge >= 0.3 is 11.9 Å². The second kappa shape index (κ2) is 9.53. The van der Waals surface area contributed by atoms with E-state index in [1.807, 2.05) is 0 Å². The molecule has 0 aliphatic carbocycles. The van der Waals surface area contributed by atoms with Gasteiger partial charge in [0.15, 0.2) is 5.96 Å². The maximum absolute atomic E-state index is 11.7. The van der Waals surface area contributed by atoms with E-state index in [9.17, 15) is 14.4 Å². The third kappa shape index (κ3) is 9.21. The topological polar surface area (TPSA) is 194 Å². The zero-order valence-electron chi connectivity index (χ0n) is 11.5. The van der Waals surface area contributed by atoms with Crippen molar-refractivity contribution in [3.63, 3.8) is 0 Å². The van der Waals surface area contributed by atoms with Gasteiger partial charge in [-0.2, -0.15) is 0 Å². The van der Waals surface area contributed by atoms with E-state index < -0.39 is 29.9 Å². The van der Waals surface area contributed by atoms with Gasteiger partial charge in [-0.05, 0) is 19.3 Å². The van der Waals surface area contributed by atoms with Crippen LogP contribution in [0.1, 0.15) is 25.7 Å². The predicted octanol–water partition coefficient (Wildman–Crippen LogP) is -2.20. The van der Waals surface area contributed by atoms with Gasteiger partial charge in [0.2, 0.25) is 5.91 Å². The molecule has 21 heavy (non-hydrogen) atoms. The lowest BCUT2D eigenvalue weighted by molar-refractivity contribution is -0.143. The quantitative estimate of drug-likeness (QED) is 0.148. The number of nitrogens with one attached hydrogen (secondary N) is 1. The van der Waals surface area contributed by atoms with Gasteiger partial charge in [-0.1, -0.05) is 0 Å². The van der Waals surface area contributed by atoms with Crippen LogP contribution in [-0.4, -0.2) is 52.6 Å². The molecule has 1 amide bonds. The van der Waals surface area contributed by atoms with Crippen LogP contribution in [-0.2, 0) is 14.4 Å². The number of aliphatic imine (C=N–C) groups is 1. The molecular formula is C11H21N5O5. The SMILES string of the molecule is NC(N)=NCCC[C@H](N)C(=O)N[C@@H](CCC(=O)O)C(=O)O. The number of nitrogens with zero attached hydrogens (tertiary/aromatic N) is 1. The molecule has 0 unspecified atom stereocenters. The molecular weight excluding hydrogens is 282 g/mol. The van der Waals surface area contributed by atoms with Crippen molar-refractivity contribution in [2.45, 2.75) is 37.8 Å². The van der Waals surface area contributed by atoms with Gasteiger partial charge in [-0.25, -0.2) is 4.79 Å². The van der Waals surface area contributed by atoms with Crippen molar-refractivity contribution in [1.82, 2.24) is 5.32 Å². The molecule has 0 bridgehead atoms. The van der Waals surface area contributed by atoms with Gasteiger partial charge in [0.1, 0.15) is 6.04 Å². The Morgan fingerprint density at radius 3 is 2.24 bits per heavy atom.